The molecular formula is C19H23Cl2N2O2+. The van der Waals surface area contributed by atoms with Crippen molar-refractivity contribution in [2.24, 2.45) is 0 Å². The van der Waals surface area contributed by atoms with E-state index in [4.69, 9.17) is 27.9 Å². The second-order valence-corrected chi connectivity index (χ2v) is 6.92. The Hall–Kier alpha value is -1.75. The lowest BCUT2D eigenvalue weighted by Gasteiger charge is -2.23. The summed E-state index contributed by atoms with van der Waals surface area (Å²) < 4.78 is 5.45. The largest absolute Gasteiger partial charge is 0.496 e. The number of rotatable bonds is 7. The number of methoxy groups -OCH3 is 1. The van der Waals surface area contributed by atoms with Gasteiger partial charge in [-0.25, -0.2) is 0 Å². The van der Waals surface area contributed by atoms with Gasteiger partial charge < -0.3 is 15.0 Å². The molecule has 6 heteroatoms. The number of halogens is 2. The SMILES string of the molecule is COc1ccccc1[C@@H](CNC(=O)Cc1ccc(Cl)c(Cl)c1)[NH+](C)C. The average molecular weight is 382 g/mol. The molecule has 0 saturated carbocycles. The first-order chi connectivity index (χ1) is 11.9. The zero-order valence-corrected chi connectivity index (χ0v) is 16.1. The van der Waals surface area contributed by atoms with E-state index >= 15 is 0 Å². The lowest BCUT2D eigenvalue weighted by molar-refractivity contribution is -0.890. The second kappa shape index (κ2) is 9.09. The third kappa shape index (κ3) is 5.36. The number of ether oxygens (including phenoxy) is 1. The highest BCUT2D eigenvalue weighted by atomic mass is 35.5. The highest BCUT2D eigenvalue weighted by Crippen LogP contribution is 2.23. The van der Waals surface area contributed by atoms with E-state index in [2.05, 4.69) is 19.4 Å². The summed E-state index contributed by atoms with van der Waals surface area (Å²) in [4.78, 5) is 13.5. The van der Waals surface area contributed by atoms with Crippen LogP contribution in [-0.2, 0) is 11.2 Å². The van der Waals surface area contributed by atoms with Crippen molar-refractivity contribution in [3.8, 4) is 5.75 Å². The molecule has 0 aromatic heterocycles. The van der Waals surface area contributed by atoms with Crippen LogP contribution in [0.1, 0.15) is 17.2 Å². The van der Waals surface area contributed by atoms with E-state index in [0.717, 1.165) is 16.9 Å². The van der Waals surface area contributed by atoms with E-state index in [1.807, 2.05) is 30.3 Å². The van der Waals surface area contributed by atoms with E-state index in [9.17, 15) is 4.79 Å². The Morgan fingerprint density at radius 1 is 1.16 bits per heavy atom. The van der Waals surface area contributed by atoms with Gasteiger partial charge in [-0.2, -0.15) is 0 Å². The molecule has 2 aromatic carbocycles. The standard InChI is InChI=1S/C19H22Cl2N2O2/c1-23(2)17(14-6-4-5-7-18(14)25-3)12-22-19(24)11-13-8-9-15(20)16(21)10-13/h4-10,17H,11-12H2,1-3H3,(H,22,24)/p+1/t17-/m1/s1. The minimum Gasteiger partial charge on any atom is -0.496 e. The quantitative estimate of drug-likeness (QED) is 0.773. The molecule has 0 fully saturated rings. The maximum atomic E-state index is 12.3. The summed E-state index contributed by atoms with van der Waals surface area (Å²) in [6.45, 7) is 0.517. The molecule has 0 unspecified atom stereocenters. The number of carbonyl (C=O) groups excluding carboxylic acids is 1. The number of likely N-dealkylation sites (N-methyl/N-ethyl adjacent to an activating group) is 1. The number of para-hydroxylation sites is 1. The fourth-order valence-corrected chi connectivity index (χ4v) is 3.01. The van der Waals surface area contributed by atoms with Gasteiger partial charge in [-0.3, -0.25) is 4.79 Å². The summed E-state index contributed by atoms with van der Waals surface area (Å²) in [7, 11) is 5.77. The fraction of sp³-hybridized carbons (Fsp3) is 0.316. The van der Waals surface area contributed by atoms with E-state index in [1.54, 1.807) is 19.2 Å². The van der Waals surface area contributed by atoms with Crippen LogP contribution in [0.3, 0.4) is 0 Å². The topological polar surface area (TPSA) is 42.8 Å². The molecule has 2 aromatic rings. The molecule has 25 heavy (non-hydrogen) atoms. The van der Waals surface area contributed by atoms with Gasteiger partial charge in [-0.15, -0.1) is 0 Å². The Morgan fingerprint density at radius 2 is 1.88 bits per heavy atom. The van der Waals surface area contributed by atoms with Crippen LogP contribution in [0.4, 0.5) is 0 Å². The third-order valence-electron chi connectivity index (χ3n) is 4.06. The molecular weight excluding hydrogens is 359 g/mol. The minimum absolute atomic E-state index is 0.0560. The zero-order chi connectivity index (χ0) is 18.4. The van der Waals surface area contributed by atoms with Gasteiger partial charge in [-0.1, -0.05) is 41.4 Å². The maximum absolute atomic E-state index is 12.3. The average Bonchev–Trinajstić information content (AvgIpc) is 2.58. The molecule has 0 saturated heterocycles. The van der Waals surface area contributed by atoms with Gasteiger partial charge in [0.2, 0.25) is 5.91 Å². The molecule has 0 bridgehead atoms. The van der Waals surface area contributed by atoms with Gasteiger partial charge in [0, 0.05) is 0 Å². The van der Waals surface area contributed by atoms with Crippen molar-refractivity contribution in [1.29, 1.82) is 0 Å². The first-order valence-electron chi connectivity index (χ1n) is 8.06. The molecule has 0 aliphatic heterocycles. The lowest BCUT2D eigenvalue weighted by atomic mass is 10.0. The summed E-state index contributed by atoms with van der Waals surface area (Å²) >= 11 is 11.9. The molecule has 0 spiro atoms. The number of carbonyl (C=O) groups is 1. The minimum atomic E-state index is -0.0560. The summed E-state index contributed by atoms with van der Waals surface area (Å²) in [5.74, 6) is 0.770. The molecule has 0 heterocycles. The molecule has 2 rings (SSSR count). The van der Waals surface area contributed by atoms with Crippen LogP contribution < -0.4 is 15.0 Å². The number of benzene rings is 2. The highest BCUT2D eigenvalue weighted by Gasteiger charge is 2.22. The molecule has 134 valence electrons. The van der Waals surface area contributed by atoms with Crippen molar-refractivity contribution in [1.82, 2.24) is 5.32 Å². The number of quaternary nitrogens is 1. The first-order valence-corrected chi connectivity index (χ1v) is 8.81. The molecule has 4 nitrogen and oxygen atoms in total. The normalized spacial score (nSPS) is 12.1. The smallest absolute Gasteiger partial charge is 0.224 e. The molecule has 2 N–H and O–H groups in total. The van der Waals surface area contributed by atoms with Crippen molar-refractivity contribution in [3.63, 3.8) is 0 Å². The fourth-order valence-electron chi connectivity index (χ4n) is 2.69. The highest BCUT2D eigenvalue weighted by molar-refractivity contribution is 6.42. The predicted octanol–water partition coefficient (Wildman–Crippen LogP) is 2.55. The molecule has 1 atom stereocenters. The number of nitrogens with one attached hydrogen (secondary N) is 2. The summed E-state index contributed by atoms with van der Waals surface area (Å²) in [5, 5.41) is 3.94. The van der Waals surface area contributed by atoms with Gasteiger partial charge in [-0.05, 0) is 29.8 Å². The monoisotopic (exact) mass is 381 g/mol. The van der Waals surface area contributed by atoms with Crippen molar-refractivity contribution >= 4 is 29.1 Å². The van der Waals surface area contributed by atoms with Crippen LogP contribution in [0.25, 0.3) is 0 Å². The van der Waals surface area contributed by atoms with Crippen LogP contribution in [0.2, 0.25) is 10.0 Å². The zero-order valence-electron chi connectivity index (χ0n) is 14.6. The summed E-state index contributed by atoms with van der Waals surface area (Å²) in [6, 6.07) is 13.2. The Balaban J connectivity index is 2.03. The van der Waals surface area contributed by atoms with Gasteiger partial charge in [0.05, 0.1) is 49.8 Å². The first kappa shape index (κ1) is 19.6. The van der Waals surface area contributed by atoms with E-state index < -0.39 is 0 Å². The number of hydrogen-bond donors (Lipinski definition) is 2. The van der Waals surface area contributed by atoms with Crippen molar-refractivity contribution in [2.45, 2.75) is 12.5 Å². The predicted molar refractivity (Wildman–Crippen MR) is 102 cm³/mol. The van der Waals surface area contributed by atoms with E-state index in [0.29, 0.717) is 16.6 Å². The third-order valence-corrected chi connectivity index (χ3v) is 4.80. The number of hydrogen-bond acceptors (Lipinski definition) is 2. The maximum Gasteiger partial charge on any atom is 0.224 e. The van der Waals surface area contributed by atoms with Gasteiger partial charge in [0.15, 0.2) is 0 Å². The Bertz CT molecular complexity index is 735. The van der Waals surface area contributed by atoms with Crippen LogP contribution in [-0.4, -0.2) is 33.7 Å². The van der Waals surface area contributed by atoms with Gasteiger partial charge in [0.25, 0.3) is 0 Å². The van der Waals surface area contributed by atoms with Crippen LogP contribution in [0.5, 0.6) is 5.75 Å². The lowest BCUT2D eigenvalue weighted by Crippen LogP contribution is -3.07. The van der Waals surface area contributed by atoms with Crippen molar-refractivity contribution in [2.75, 3.05) is 27.7 Å². The van der Waals surface area contributed by atoms with Gasteiger partial charge in [0.1, 0.15) is 11.8 Å². The Labute approximate surface area is 158 Å². The molecule has 0 aliphatic carbocycles. The molecule has 0 aliphatic rings. The van der Waals surface area contributed by atoms with Crippen LogP contribution in [0.15, 0.2) is 42.5 Å². The van der Waals surface area contributed by atoms with Crippen LogP contribution in [0, 0.1) is 0 Å². The Kier molecular flexibility index (Phi) is 7.12. The van der Waals surface area contributed by atoms with E-state index in [-0.39, 0.29) is 18.4 Å². The van der Waals surface area contributed by atoms with Crippen LogP contribution >= 0.6 is 23.2 Å². The summed E-state index contributed by atoms with van der Waals surface area (Å²) in [6.07, 6.45) is 0.262. The number of amides is 1. The van der Waals surface area contributed by atoms with Crippen molar-refractivity contribution < 1.29 is 14.4 Å². The van der Waals surface area contributed by atoms with Gasteiger partial charge >= 0.3 is 0 Å². The Morgan fingerprint density at radius 3 is 2.52 bits per heavy atom. The summed E-state index contributed by atoms with van der Waals surface area (Å²) in [5.41, 5.74) is 1.90. The second-order valence-electron chi connectivity index (χ2n) is 6.10. The molecule has 0 radical (unpaired) electrons. The van der Waals surface area contributed by atoms with Crippen molar-refractivity contribution in [3.05, 3.63) is 63.6 Å². The molecule has 1 amide bonds. The van der Waals surface area contributed by atoms with E-state index in [1.165, 1.54) is 4.90 Å².